The molecule has 28 heavy (non-hydrogen) atoms. The van der Waals surface area contributed by atoms with Gasteiger partial charge in [-0.05, 0) is 57.0 Å². The Balaban J connectivity index is 1.64. The second-order valence-corrected chi connectivity index (χ2v) is 7.06. The van der Waals surface area contributed by atoms with Gasteiger partial charge in [-0.3, -0.25) is 20.4 Å². The number of nitrogens with one attached hydrogen (secondary N) is 2. The fraction of sp³-hybridized carbons (Fsp3) is 0.238. The summed E-state index contributed by atoms with van der Waals surface area (Å²) in [6, 6.07) is 10.9. The number of hydrogen-bond acceptors (Lipinski definition) is 4. The van der Waals surface area contributed by atoms with E-state index in [0.717, 1.165) is 16.5 Å². The van der Waals surface area contributed by atoms with Crippen LogP contribution in [-0.4, -0.2) is 17.9 Å². The normalized spacial score (nSPS) is 11.9. The van der Waals surface area contributed by atoms with Crippen LogP contribution >= 0.6 is 11.6 Å². The molecule has 3 rings (SSSR count). The van der Waals surface area contributed by atoms with Crippen molar-refractivity contribution in [3.05, 3.63) is 63.9 Å². The molecular formula is C21H21ClN2O4. The fourth-order valence-electron chi connectivity index (χ4n) is 2.98. The molecule has 0 spiro atoms. The van der Waals surface area contributed by atoms with Gasteiger partial charge in [-0.1, -0.05) is 29.8 Å². The van der Waals surface area contributed by atoms with Crippen LogP contribution in [0.5, 0.6) is 5.75 Å². The molecule has 0 saturated heterocycles. The zero-order valence-electron chi connectivity index (χ0n) is 16.1. The smallest absolute Gasteiger partial charge is 0.305 e. The molecular weight excluding hydrogens is 380 g/mol. The van der Waals surface area contributed by atoms with Crippen LogP contribution in [0.2, 0.25) is 5.02 Å². The quantitative estimate of drug-likeness (QED) is 0.642. The maximum Gasteiger partial charge on any atom is 0.305 e. The highest BCUT2D eigenvalue weighted by Crippen LogP contribution is 2.28. The number of furan rings is 1. The standard InChI is InChI=1S/C21H21ClN2O4/c1-11-9-15(22)10-12(2)18(11)27-14(4)20(25)23-24-21(26)19-13(3)16-7-5-6-8-17(16)28-19/h5-10,14H,1-4H3,(H,23,25)(H,24,26). The zero-order valence-corrected chi connectivity index (χ0v) is 16.8. The van der Waals surface area contributed by atoms with Gasteiger partial charge in [0.2, 0.25) is 0 Å². The third-order valence-electron chi connectivity index (χ3n) is 4.44. The molecule has 0 fully saturated rings. The molecule has 1 atom stereocenters. The van der Waals surface area contributed by atoms with E-state index in [1.807, 2.05) is 32.0 Å². The minimum absolute atomic E-state index is 0.152. The van der Waals surface area contributed by atoms with Crippen molar-refractivity contribution < 1.29 is 18.7 Å². The molecule has 1 heterocycles. The number of carbonyl (C=O) groups is 2. The number of carbonyl (C=O) groups excluding carboxylic acids is 2. The molecule has 3 aromatic rings. The van der Waals surface area contributed by atoms with Crippen molar-refractivity contribution >= 4 is 34.4 Å². The number of aryl methyl sites for hydroxylation is 3. The van der Waals surface area contributed by atoms with Crippen molar-refractivity contribution in [2.45, 2.75) is 33.8 Å². The van der Waals surface area contributed by atoms with E-state index in [2.05, 4.69) is 10.9 Å². The Kier molecular flexibility index (Phi) is 5.61. The summed E-state index contributed by atoms with van der Waals surface area (Å²) in [5, 5.41) is 1.46. The number of fused-ring (bicyclic) bond motifs is 1. The predicted molar refractivity (Wildman–Crippen MR) is 108 cm³/mol. The lowest BCUT2D eigenvalue weighted by Crippen LogP contribution is -2.47. The minimum atomic E-state index is -0.823. The Hall–Kier alpha value is -2.99. The first-order valence-electron chi connectivity index (χ1n) is 8.79. The second-order valence-electron chi connectivity index (χ2n) is 6.62. The molecule has 1 aromatic heterocycles. The van der Waals surface area contributed by atoms with Crippen LogP contribution < -0.4 is 15.6 Å². The molecule has 146 valence electrons. The van der Waals surface area contributed by atoms with Gasteiger partial charge in [0.15, 0.2) is 11.9 Å². The molecule has 0 aliphatic rings. The first-order valence-corrected chi connectivity index (χ1v) is 9.17. The van der Waals surface area contributed by atoms with Crippen LogP contribution in [0.4, 0.5) is 0 Å². The summed E-state index contributed by atoms with van der Waals surface area (Å²) in [6.45, 7) is 7.09. The Morgan fingerprint density at radius 1 is 1.07 bits per heavy atom. The van der Waals surface area contributed by atoms with Gasteiger partial charge >= 0.3 is 5.91 Å². The largest absolute Gasteiger partial charge is 0.480 e. The van der Waals surface area contributed by atoms with E-state index in [0.29, 0.717) is 21.9 Å². The van der Waals surface area contributed by atoms with E-state index in [9.17, 15) is 9.59 Å². The number of hydrazine groups is 1. The molecule has 0 aliphatic heterocycles. The molecule has 0 radical (unpaired) electrons. The predicted octanol–water partition coefficient (Wildman–Crippen LogP) is 4.24. The Morgan fingerprint density at radius 2 is 1.71 bits per heavy atom. The summed E-state index contributed by atoms with van der Waals surface area (Å²) >= 11 is 6.01. The number of ether oxygens (including phenoxy) is 1. The first kappa shape index (κ1) is 19.8. The highest BCUT2D eigenvalue weighted by atomic mass is 35.5. The average Bonchev–Trinajstić information content (AvgIpc) is 2.99. The minimum Gasteiger partial charge on any atom is -0.480 e. The molecule has 0 aliphatic carbocycles. The summed E-state index contributed by atoms with van der Waals surface area (Å²) in [5.41, 5.74) is 7.72. The first-order chi connectivity index (χ1) is 13.3. The van der Waals surface area contributed by atoms with E-state index in [1.54, 1.807) is 32.0 Å². The van der Waals surface area contributed by atoms with E-state index in [1.165, 1.54) is 0 Å². The van der Waals surface area contributed by atoms with Crippen LogP contribution in [0.25, 0.3) is 11.0 Å². The van der Waals surface area contributed by atoms with Crippen molar-refractivity contribution in [2.75, 3.05) is 0 Å². The Bertz CT molecular complexity index is 1030. The van der Waals surface area contributed by atoms with Gasteiger partial charge in [0.25, 0.3) is 5.91 Å². The molecule has 6 nitrogen and oxygen atoms in total. The van der Waals surface area contributed by atoms with Gasteiger partial charge in [0.05, 0.1) is 0 Å². The molecule has 7 heteroatoms. The fourth-order valence-corrected chi connectivity index (χ4v) is 3.31. The summed E-state index contributed by atoms with van der Waals surface area (Å²) in [5.74, 6) is -0.282. The Labute approximate surface area is 167 Å². The summed E-state index contributed by atoms with van der Waals surface area (Å²) < 4.78 is 11.3. The number of amides is 2. The Morgan fingerprint density at radius 3 is 2.36 bits per heavy atom. The van der Waals surface area contributed by atoms with Crippen LogP contribution in [0.15, 0.2) is 40.8 Å². The SMILES string of the molecule is Cc1cc(Cl)cc(C)c1OC(C)C(=O)NNC(=O)c1oc2ccccc2c1C. The number of rotatable bonds is 4. The lowest BCUT2D eigenvalue weighted by Gasteiger charge is -2.18. The van der Waals surface area contributed by atoms with Gasteiger partial charge < -0.3 is 9.15 Å². The molecule has 0 bridgehead atoms. The highest BCUT2D eigenvalue weighted by Gasteiger charge is 2.21. The van der Waals surface area contributed by atoms with Crippen molar-refractivity contribution in [3.8, 4) is 5.75 Å². The third-order valence-corrected chi connectivity index (χ3v) is 4.66. The zero-order chi connectivity index (χ0) is 20.4. The monoisotopic (exact) mass is 400 g/mol. The number of benzene rings is 2. The van der Waals surface area contributed by atoms with Crippen LogP contribution in [0.1, 0.15) is 34.2 Å². The summed E-state index contributed by atoms with van der Waals surface area (Å²) in [4.78, 5) is 24.7. The van der Waals surface area contributed by atoms with Crippen molar-refractivity contribution in [1.29, 1.82) is 0 Å². The molecule has 2 amide bonds. The topological polar surface area (TPSA) is 80.6 Å². The van der Waals surface area contributed by atoms with Crippen LogP contribution in [0, 0.1) is 20.8 Å². The van der Waals surface area contributed by atoms with Gasteiger partial charge in [-0.2, -0.15) is 0 Å². The number of hydrogen-bond donors (Lipinski definition) is 2. The number of halogens is 1. The van der Waals surface area contributed by atoms with E-state index in [-0.39, 0.29) is 5.76 Å². The summed E-state index contributed by atoms with van der Waals surface area (Å²) in [6.07, 6.45) is -0.823. The third kappa shape index (κ3) is 3.97. The van der Waals surface area contributed by atoms with E-state index >= 15 is 0 Å². The lowest BCUT2D eigenvalue weighted by atomic mass is 10.1. The molecule has 1 unspecified atom stereocenters. The number of para-hydroxylation sites is 1. The van der Waals surface area contributed by atoms with Gasteiger partial charge in [-0.15, -0.1) is 0 Å². The van der Waals surface area contributed by atoms with Crippen molar-refractivity contribution in [3.63, 3.8) is 0 Å². The highest BCUT2D eigenvalue weighted by molar-refractivity contribution is 6.30. The molecule has 2 aromatic carbocycles. The summed E-state index contributed by atoms with van der Waals surface area (Å²) in [7, 11) is 0. The molecule has 0 saturated carbocycles. The maximum atomic E-state index is 12.4. The average molecular weight is 401 g/mol. The van der Waals surface area contributed by atoms with Crippen molar-refractivity contribution in [1.82, 2.24) is 10.9 Å². The van der Waals surface area contributed by atoms with Gasteiger partial charge in [-0.25, -0.2) is 0 Å². The van der Waals surface area contributed by atoms with Crippen LogP contribution in [0.3, 0.4) is 0 Å². The van der Waals surface area contributed by atoms with Crippen molar-refractivity contribution in [2.24, 2.45) is 0 Å². The van der Waals surface area contributed by atoms with Gasteiger partial charge in [0.1, 0.15) is 11.3 Å². The van der Waals surface area contributed by atoms with E-state index < -0.39 is 17.9 Å². The van der Waals surface area contributed by atoms with Crippen LogP contribution in [-0.2, 0) is 4.79 Å². The van der Waals surface area contributed by atoms with Gasteiger partial charge in [0, 0.05) is 16.0 Å². The lowest BCUT2D eigenvalue weighted by molar-refractivity contribution is -0.128. The maximum absolute atomic E-state index is 12.4. The second kappa shape index (κ2) is 7.94. The molecule has 2 N–H and O–H groups in total. The van der Waals surface area contributed by atoms with E-state index in [4.69, 9.17) is 20.8 Å².